The number of nitrogens with one attached hydrogen (secondary N) is 1. The summed E-state index contributed by atoms with van der Waals surface area (Å²) >= 11 is 0. The van der Waals surface area contributed by atoms with E-state index in [4.69, 9.17) is 9.47 Å². The molecule has 234 valence electrons. The number of hydrogen-bond donors (Lipinski definition) is 1. The van der Waals surface area contributed by atoms with Gasteiger partial charge in [-0.05, 0) is 115 Å². The van der Waals surface area contributed by atoms with Gasteiger partial charge in [0.2, 0.25) is 0 Å². The average Bonchev–Trinajstić information content (AvgIpc) is 3.08. The number of rotatable bonds is 11. The molecule has 5 heteroatoms. The Hall–Kier alpha value is -3.15. The number of fused-ring (bicyclic) bond motifs is 1. The van der Waals surface area contributed by atoms with Crippen molar-refractivity contribution in [2.24, 2.45) is 11.8 Å². The predicted molar refractivity (Wildman–Crippen MR) is 177 cm³/mol. The number of methoxy groups -OCH3 is 1. The van der Waals surface area contributed by atoms with Crippen LogP contribution in [-0.4, -0.2) is 44.2 Å². The van der Waals surface area contributed by atoms with Gasteiger partial charge in [0.1, 0.15) is 5.75 Å². The summed E-state index contributed by atoms with van der Waals surface area (Å²) in [5.74, 6) is 2.81. The molecule has 1 aliphatic heterocycles. The summed E-state index contributed by atoms with van der Waals surface area (Å²) in [6.07, 6.45) is 12.1. The van der Waals surface area contributed by atoms with Gasteiger partial charge in [0.25, 0.3) is 5.91 Å². The first-order chi connectivity index (χ1) is 21.6. The molecule has 3 aromatic rings. The first-order valence-electron chi connectivity index (χ1n) is 17.0. The molecular weight excluding hydrogens is 544 g/mol. The SMILES string of the molecule is COc1ccc(CN(Cc2ccc3c(c2)CCC(CNC(=O)c2ccc(C4CCCCC4)cc2)C3)CC2CCOCC2)cc1. The molecule has 3 aliphatic rings. The third-order valence-electron chi connectivity index (χ3n) is 10.2. The van der Waals surface area contributed by atoms with Gasteiger partial charge in [0.05, 0.1) is 7.11 Å². The van der Waals surface area contributed by atoms with E-state index in [-0.39, 0.29) is 5.91 Å². The largest absolute Gasteiger partial charge is 0.497 e. The van der Waals surface area contributed by atoms with Crippen LogP contribution in [0.4, 0.5) is 0 Å². The lowest BCUT2D eigenvalue weighted by Gasteiger charge is -2.31. The van der Waals surface area contributed by atoms with Crippen LogP contribution in [0.1, 0.15) is 95.5 Å². The lowest BCUT2D eigenvalue weighted by molar-refractivity contribution is 0.0501. The fraction of sp³-hybridized carbons (Fsp3) is 0.513. The maximum absolute atomic E-state index is 12.9. The standard InChI is InChI=1S/C39H50N2O3/c1-43-38-17-9-29(10-18-38)26-41(27-30-19-21-44-22-20-30)28-32-8-12-36-23-31(7-11-37(36)24-32)25-40-39(42)35-15-13-34(14-16-35)33-5-3-2-4-6-33/h8-10,12-18,24,30-31,33H,2-7,11,19-23,25-28H2,1H3,(H,40,42). The van der Waals surface area contributed by atoms with E-state index in [1.54, 1.807) is 7.11 Å². The van der Waals surface area contributed by atoms with E-state index in [2.05, 4.69) is 64.8 Å². The van der Waals surface area contributed by atoms with Crippen molar-refractivity contribution in [3.8, 4) is 5.75 Å². The van der Waals surface area contributed by atoms with Gasteiger partial charge in [-0.2, -0.15) is 0 Å². The second-order valence-electron chi connectivity index (χ2n) is 13.5. The number of aryl methyl sites for hydroxylation is 1. The van der Waals surface area contributed by atoms with Crippen LogP contribution in [0.3, 0.4) is 0 Å². The van der Waals surface area contributed by atoms with Crippen molar-refractivity contribution in [2.75, 3.05) is 33.4 Å². The molecule has 2 aliphatic carbocycles. The Morgan fingerprint density at radius 2 is 1.55 bits per heavy atom. The van der Waals surface area contributed by atoms with Crippen molar-refractivity contribution in [3.05, 3.63) is 100 Å². The number of hydrogen-bond acceptors (Lipinski definition) is 4. The van der Waals surface area contributed by atoms with E-state index in [1.165, 1.54) is 59.9 Å². The van der Waals surface area contributed by atoms with E-state index in [0.717, 1.165) is 82.8 Å². The molecule has 1 heterocycles. The molecule has 44 heavy (non-hydrogen) atoms. The Labute approximate surface area is 264 Å². The highest BCUT2D eigenvalue weighted by Gasteiger charge is 2.22. The molecule has 6 rings (SSSR count). The van der Waals surface area contributed by atoms with Gasteiger partial charge >= 0.3 is 0 Å². The van der Waals surface area contributed by atoms with Gasteiger partial charge in [-0.1, -0.05) is 61.7 Å². The van der Waals surface area contributed by atoms with Crippen LogP contribution < -0.4 is 10.1 Å². The highest BCUT2D eigenvalue weighted by Crippen LogP contribution is 2.33. The van der Waals surface area contributed by atoms with Crippen LogP contribution in [0.2, 0.25) is 0 Å². The number of carbonyl (C=O) groups is 1. The van der Waals surface area contributed by atoms with Crippen LogP contribution in [0.25, 0.3) is 0 Å². The number of carbonyl (C=O) groups excluding carboxylic acids is 1. The lowest BCUT2D eigenvalue weighted by atomic mass is 9.83. The van der Waals surface area contributed by atoms with E-state index in [0.29, 0.717) is 17.8 Å². The molecule has 1 saturated heterocycles. The third-order valence-corrected chi connectivity index (χ3v) is 10.2. The summed E-state index contributed by atoms with van der Waals surface area (Å²) in [7, 11) is 1.72. The fourth-order valence-corrected chi connectivity index (χ4v) is 7.56. The Bertz CT molecular complexity index is 1340. The van der Waals surface area contributed by atoms with Crippen molar-refractivity contribution in [1.29, 1.82) is 0 Å². The van der Waals surface area contributed by atoms with Crippen LogP contribution in [0, 0.1) is 11.8 Å². The number of ether oxygens (including phenoxy) is 2. The van der Waals surface area contributed by atoms with Crippen molar-refractivity contribution in [1.82, 2.24) is 10.2 Å². The molecule has 1 atom stereocenters. The second kappa shape index (κ2) is 15.2. The molecule has 1 unspecified atom stereocenters. The van der Waals surface area contributed by atoms with E-state index < -0.39 is 0 Å². The first-order valence-corrected chi connectivity index (χ1v) is 17.0. The zero-order chi connectivity index (χ0) is 30.1. The van der Waals surface area contributed by atoms with Crippen molar-refractivity contribution in [2.45, 2.75) is 83.2 Å². The third kappa shape index (κ3) is 8.31. The van der Waals surface area contributed by atoms with Crippen LogP contribution in [0.15, 0.2) is 66.7 Å². The topological polar surface area (TPSA) is 50.8 Å². The van der Waals surface area contributed by atoms with Gasteiger partial charge in [0, 0.05) is 45.0 Å². The highest BCUT2D eigenvalue weighted by molar-refractivity contribution is 5.94. The molecule has 0 spiro atoms. The lowest BCUT2D eigenvalue weighted by Crippen LogP contribution is -2.32. The highest BCUT2D eigenvalue weighted by atomic mass is 16.5. The summed E-state index contributed by atoms with van der Waals surface area (Å²) in [6, 6.07) is 24.0. The Morgan fingerprint density at radius 3 is 2.30 bits per heavy atom. The average molecular weight is 595 g/mol. The molecule has 2 fully saturated rings. The summed E-state index contributed by atoms with van der Waals surface area (Å²) in [5, 5.41) is 3.24. The molecule has 1 amide bonds. The second-order valence-corrected chi connectivity index (χ2v) is 13.5. The molecule has 0 radical (unpaired) electrons. The van der Waals surface area contributed by atoms with Crippen molar-refractivity contribution < 1.29 is 14.3 Å². The Balaban J connectivity index is 1.03. The van der Waals surface area contributed by atoms with Crippen molar-refractivity contribution in [3.63, 3.8) is 0 Å². The quantitative estimate of drug-likeness (QED) is 0.247. The maximum Gasteiger partial charge on any atom is 0.251 e. The monoisotopic (exact) mass is 594 g/mol. The Kier molecular flexibility index (Phi) is 10.7. The number of benzene rings is 3. The van der Waals surface area contributed by atoms with E-state index in [1.807, 2.05) is 12.1 Å². The first kappa shape index (κ1) is 30.9. The predicted octanol–water partition coefficient (Wildman–Crippen LogP) is 7.71. The van der Waals surface area contributed by atoms with E-state index in [9.17, 15) is 4.79 Å². The van der Waals surface area contributed by atoms with Gasteiger partial charge in [0.15, 0.2) is 0 Å². The zero-order valence-corrected chi connectivity index (χ0v) is 26.6. The van der Waals surface area contributed by atoms with E-state index >= 15 is 0 Å². The minimum Gasteiger partial charge on any atom is -0.497 e. The molecule has 5 nitrogen and oxygen atoms in total. The minimum absolute atomic E-state index is 0.0582. The molecule has 0 aromatic heterocycles. The zero-order valence-electron chi connectivity index (χ0n) is 26.6. The fourth-order valence-electron chi connectivity index (χ4n) is 7.56. The smallest absolute Gasteiger partial charge is 0.251 e. The summed E-state index contributed by atoms with van der Waals surface area (Å²) < 4.78 is 11.0. The molecule has 3 aromatic carbocycles. The van der Waals surface area contributed by atoms with Gasteiger partial charge < -0.3 is 14.8 Å². The summed E-state index contributed by atoms with van der Waals surface area (Å²) in [4.78, 5) is 15.6. The van der Waals surface area contributed by atoms with Gasteiger partial charge in [-0.3, -0.25) is 9.69 Å². The van der Waals surface area contributed by atoms with Crippen LogP contribution in [0.5, 0.6) is 5.75 Å². The maximum atomic E-state index is 12.9. The minimum atomic E-state index is 0.0582. The summed E-state index contributed by atoms with van der Waals surface area (Å²) in [5.41, 5.74) is 7.83. The van der Waals surface area contributed by atoms with Crippen LogP contribution in [-0.2, 0) is 30.7 Å². The number of amides is 1. The Morgan fingerprint density at radius 1 is 0.818 bits per heavy atom. The summed E-state index contributed by atoms with van der Waals surface area (Å²) in [6.45, 7) is 5.49. The molecule has 0 bridgehead atoms. The van der Waals surface area contributed by atoms with Gasteiger partial charge in [-0.15, -0.1) is 0 Å². The molecular formula is C39H50N2O3. The molecule has 1 saturated carbocycles. The normalized spacial score (nSPS) is 19.5. The number of nitrogens with zero attached hydrogens (tertiary/aromatic N) is 1. The van der Waals surface area contributed by atoms with Crippen molar-refractivity contribution >= 4 is 5.91 Å². The van der Waals surface area contributed by atoms with Gasteiger partial charge in [-0.25, -0.2) is 0 Å². The van der Waals surface area contributed by atoms with Crippen LogP contribution >= 0.6 is 0 Å². The molecule has 1 N–H and O–H groups in total.